The Morgan fingerprint density at radius 1 is 1.12 bits per heavy atom. The summed E-state index contributed by atoms with van der Waals surface area (Å²) in [6.45, 7) is 13.2. The number of aliphatic hydroxyl groups is 1. The molecule has 1 aromatic carbocycles. The molecule has 3 aliphatic rings. The highest BCUT2D eigenvalue weighted by molar-refractivity contribution is 6.30. The molecule has 40 heavy (non-hydrogen) atoms. The van der Waals surface area contributed by atoms with Crippen LogP contribution in [0.1, 0.15) is 52.4 Å². The van der Waals surface area contributed by atoms with Gasteiger partial charge in [-0.25, -0.2) is 0 Å². The molecule has 2 bridgehead atoms. The second kappa shape index (κ2) is 12.5. The molecule has 4 rings (SSSR count). The number of amides is 3. The molecule has 0 radical (unpaired) electrons. The predicted molar refractivity (Wildman–Crippen MR) is 156 cm³/mol. The van der Waals surface area contributed by atoms with Crippen LogP contribution in [0.4, 0.5) is 5.69 Å². The summed E-state index contributed by atoms with van der Waals surface area (Å²) in [7, 11) is 0. The maximum absolute atomic E-state index is 14.6. The van der Waals surface area contributed by atoms with Crippen LogP contribution in [-0.2, 0) is 19.1 Å². The SMILES string of the molecule is C=CCN(CCC)C(=O)[C@@H]1[C@H]2C(=O)N(CCCCO)C(C(=O)N(CC=C)c3ccc(Cl)cc3)C23CC[C@@]1(CC)O3. The highest BCUT2D eigenvalue weighted by Gasteiger charge is 2.79. The number of hydrogen-bond acceptors (Lipinski definition) is 5. The van der Waals surface area contributed by atoms with E-state index in [9.17, 15) is 19.5 Å². The van der Waals surface area contributed by atoms with Gasteiger partial charge in [-0.3, -0.25) is 14.4 Å². The molecule has 0 saturated carbocycles. The lowest BCUT2D eigenvalue weighted by Gasteiger charge is -2.37. The van der Waals surface area contributed by atoms with Crippen molar-refractivity contribution in [1.29, 1.82) is 0 Å². The van der Waals surface area contributed by atoms with Gasteiger partial charge in [0.25, 0.3) is 5.91 Å². The van der Waals surface area contributed by atoms with Crippen LogP contribution in [0.3, 0.4) is 0 Å². The Hall–Kier alpha value is -2.68. The number of hydrogen-bond donors (Lipinski definition) is 1. The number of halogens is 1. The van der Waals surface area contributed by atoms with Crippen LogP contribution in [0.25, 0.3) is 0 Å². The van der Waals surface area contributed by atoms with Crippen LogP contribution < -0.4 is 4.90 Å². The van der Waals surface area contributed by atoms with Gasteiger partial charge < -0.3 is 24.5 Å². The van der Waals surface area contributed by atoms with Crippen molar-refractivity contribution in [2.24, 2.45) is 11.8 Å². The Balaban J connectivity index is 1.80. The summed E-state index contributed by atoms with van der Waals surface area (Å²) in [5, 5.41) is 9.99. The molecule has 1 spiro atoms. The molecule has 3 amide bonds. The third kappa shape index (κ3) is 4.99. The summed E-state index contributed by atoms with van der Waals surface area (Å²) >= 11 is 6.12. The largest absolute Gasteiger partial charge is 0.396 e. The van der Waals surface area contributed by atoms with Gasteiger partial charge in [-0.05, 0) is 62.8 Å². The molecule has 5 atom stereocenters. The van der Waals surface area contributed by atoms with Gasteiger partial charge in [-0.2, -0.15) is 0 Å². The first-order valence-corrected chi connectivity index (χ1v) is 14.8. The van der Waals surface area contributed by atoms with E-state index in [0.29, 0.717) is 62.4 Å². The molecule has 0 aliphatic carbocycles. The molecule has 9 heteroatoms. The van der Waals surface area contributed by atoms with Crippen LogP contribution in [0.2, 0.25) is 5.02 Å². The number of aliphatic hydroxyl groups excluding tert-OH is 1. The van der Waals surface area contributed by atoms with Crippen LogP contribution in [0, 0.1) is 11.8 Å². The monoisotopic (exact) mass is 571 g/mol. The van der Waals surface area contributed by atoms with E-state index >= 15 is 0 Å². The van der Waals surface area contributed by atoms with Crippen LogP contribution in [0.5, 0.6) is 0 Å². The first-order chi connectivity index (χ1) is 19.2. The average molecular weight is 572 g/mol. The number of carbonyl (C=O) groups excluding carboxylic acids is 3. The summed E-state index contributed by atoms with van der Waals surface area (Å²) in [4.78, 5) is 48.1. The van der Waals surface area contributed by atoms with Crippen molar-refractivity contribution in [1.82, 2.24) is 9.80 Å². The maximum Gasteiger partial charge on any atom is 0.253 e. The predicted octanol–water partition coefficient (Wildman–Crippen LogP) is 4.21. The van der Waals surface area contributed by atoms with E-state index in [0.717, 1.165) is 6.42 Å². The van der Waals surface area contributed by atoms with Crippen molar-refractivity contribution in [2.75, 3.05) is 37.7 Å². The first-order valence-electron chi connectivity index (χ1n) is 14.4. The summed E-state index contributed by atoms with van der Waals surface area (Å²) in [5.41, 5.74) is -1.27. The fourth-order valence-corrected chi connectivity index (χ4v) is 7.27. The fourth-order valence-electron chi connectivity index (χ4n) is 7.14. The van der Waals surface area contributed by atoms with Crippen molar-refractivity contribution in [3.05, 3.63) is 54.6 Å². The molecule has 3 aliphatic heterocycles. The van der Waals surface area contributed by atoms with E-state index in [4.69, 9.17) is 16.3 Å². The molecule has 1 aromatic rings. The average Bonchev–Trinajstić information content (AvgIpc) is 3.55. The number of anilines is 1. The zero-order valence-corrected chi connectivity index (χ0v) is 24.4. The standard InChI is InChI=1S/C31H42ClN3O5/c1-5-17-33(18-6-2)27(37)24-25-28(38)35(20-9-10-21-36)26(31(25)16-15-30(24,8-4)40-31)29(39)34(19-7-3)23-13-11-22(32)12-14-23/h5,7,11-14,24-26,36H,1,3,6,8-10,15-21H2,2,4H3/t24-,25-,26?,30+,31?/m0/s1. The number of likely N-dealkylation sites (tertiary alicyclic amines) is 1. The quantitative estimate of drug-likeness (QED) is 0.267. The van der Waals surface area contributed by atoms with Gasteiger partial charge in [0.05, 0.1) is 17.4 Å². The number of ether oxygens (including phenoxy) is 1. The number of unbranched alkanes of at least 4 members (excludes halogenated alkanes) is 1. The molecular formula is C31H42ClN3O5. The summed E-state index contributed by atoms with van der Waals surface area (Å²) in [6.07, 6.45) is 6.87. The molecular weight excluding hydrogens is 530 g/mol. The van der Waals surface area contributed by atoms with Gasteiger partial charge in [-0.15, -0.1) is 13.2 Å². The van der Waals surface area contributed by atoms with Crippen molar-refractivity contribution < 1.29 is 24.2 Å². The smallest absolute Gasteiger partial charge is 0.253 e. The van der Waals surface area contributed by atoms with E-state index in [-0.39, 0.29) is 30.9 Å². The van der Waals surface area contributed by atoms with Gasteiger partial charge in [0.1, 0.15) is 11.6 Å². The zero-order chi connectivity index (χ0) is 29.1. The maximum atomic E-state index is 14.6. The number of carbonyl (C=O) groups is 3. The van der Waals surface area contributed by atoms with E-state index in [1.165, 1.54) is 0 Å². The van der Waals surface area contributed by atoms with E-state index < -0.39 is 29.1 Å². The highest BCUT2D eigenvalue weighted by atomic mass is 35.5. The van der Waals surface area contributed by atoms with Gasteiger partial charge in [0.15, 0.2) is 0 Å². The Morgan fingerprint density at radius 3 is 2.42 bits per heavy atom. The second-order valence-electron chi connectivity index (χ2n) is 11.1. The highest BCUT2D eigenvalue weighted by Crippen LogP contribution is 2.64. The minimum Gasteiger partial charge on any atom is -0.396 e. The Labute approximate surface area is 242 Å². The van der Waals surface area contributed by atoms with Gasteiger partial charge >= 0.3 is 0 Å². The normalized spacial score (nSPS) is 28.4. The molecule has 2 unspecified atom stereocenters. The van der Waals surface area contributed by atoms with E-state index in [1.54, 1.807) is 51.1 Å². The van der Waals surface area contributed by atoms with Crippen LogP contribution >= 0.6 is 11.6 Å². The third-order valence-electron chi connectivity index (χ3n) is 8.86. The van der Waals surface area contributed by atoms with E-state index in [1.807, 2.05) is 13.8 Å². The molecule has 3 heterocycles. The minimum absolute atomic E-state index is 0.00728. The summed E-state index contributed by atoms with van der Waals surface area (Å²) in [5.74, 6) is -2.01. The number of nitrogens with zero attached hydrogens (tertiary/aromatic N) is 3. The van der Waals surface area contributed by atoms with Crippen molar-refractivity contribution in [3.63, 3.8) is 0 Å². The number of benzene rings is 1. The lowest BCUT2D eigenvalue weighted by atomic mass is 9.64. The van der Waals surface area contributed by atoms with Crippen molar-refractivity contribution in [3.8, 4) is 0 Å². The number of fused-ring (bicyclic) bond motifs is 1. The molecule has 0 aromatic heterocycles. The Bertz CT molecular complexity index is 1130. The second-order valence-corrected chi connectivity index (χ2v) is 11.5. The summed E-state index contributed by atoms with van der Waals surface area (Å²) in [6, 6.07) is 6.10. The molecule has 3 saturated heterocycles. The topological polar surface area (TPSA) is 90.4 Å². The van der Waals surface area contributed by atoms with Gasteiger partial charge in [0, 0.05) is 43.5 Å². The first kappa shape index (κ1) is 30.3. The lowest BCUT2D eigenvalue weighted by Crippen LogP contribution is -2.56. The number of rotatable bonds is 14. The van der Waals surface area contributed by atoms with Crippen molar-refractivity contribution >= 4 is 35.0 Å². The van der Waals surface area contributed by atoms with Crippen LogP contribution in [0.15, 0.2) is 49.6 Å². The summed E-state index contributed by atoms with van der Waals surface area (Å²) < 4.78 is 6.91. The van der Waals surface area contributed by atoms with Crippen molar-refractivity contribution in [2.45, 2.75) is 69.6 Å². The molecule has 1 N–H and O–H groups in total. The molecule has 218 valence electrons. The zero-order valence-electron chi connectivity index (χ0n) is 23.7. The molecule has 3 fully saturated rings. The Kier molecular flexibility index (Phi) is 9.43. The minimum atomic E-state index is -1.11. The van der Waals surface area contributed by atoms with Gasteiger partial charge in [0.2, 0.25) is 11.8 Å². The molecule has 8 nitrogen and oxygen atoms in total. The lowest BCUT2D eigenvalue weighted by molar-refractivity contribution is -0.151. The van der Waals surface area contributed by atoms with E-state index in [2.05, 4.69) is 13.2 Å². The van der Waals surface area contributed by atoms with Crippen LogP contribution in [-0.4, -0.2) is 82.7 Å². The Morgan fingerprint density at radius 2 is 1.82 bits per heavy atom. The third-order valence-corrected chi connectivity index (χ3v) is 9.11. The van der Waals surface area contributed by atoms with Gasteiger partial charge in [-0.1, -0.05) is 37.6 Å². The fraction of sp³-hybridized carbons (Fsp3) is 0.581.